The molecular formula is C25H32N2O2. The molecule has 29 heavy (non-hydrogen) atoms. The quantitative estimate of drug-likeness (QED) is 0.784. The average molecular weight is 393 g/mol. The predicted molar refractivity (Wildman–Crippen MR) is 114 cm³/mol. The summed E-state index contributed by atoms with van der Waals surface area (Å²) in [5, 5.41) is 11.3. The summed E-state index contributed by atoms with van der Waals surface area (Å²) in [5.74, 6) is 1.82. The van der Waals surface area contributed by atoms with Gasteiger partial charge in [0.25, 0.3) is 0 Å². The van der Waals surface area contributed by atoms with Crippen LogP contribution < -0.4 is 0 Å². The fraction of sp³-hybridized carbons (Fsp3) is 0.600. The zero-order chi connectivity index (χ0) is 20.4. The van der Waals surface area contributed by atoms with E-state index in [0.29, 0.717) is 23.8 Å². The van der Waals surface area contributed by atoms with Crippen molar-refractivity contribution in [2.75, 3.05) is 7.05 Å². The molecule has 4 aliphatic rings. The van der Waals surface area contributed by atoms with Gasteiger partial charge in [-0.2, -0.15) is 0 Å². The molecule has 3 aliphatic carbocycles. The van der Waals surface area contributed by atoms with Gasteiger partial charge in [0.1, 0.15) is 0 Å². The zero-order valence-corrected chi connectivity index (χ0v) is 17.7. The lowest BCUT2D eigenvalue weighted by Crippen LogP contribution is -2.59. The summed E-state index contributed by atoms with van der Waals surface area (Å²) in [6.07, 6.45) is 12.9. The third kappa shape index (κ3) is 2.68. The summed E-state index contributed by atoms with van der Waals surface area (Å²) in [6, 6.07) is 6.25. The Hall–Kier alpha value is -1.94. The number of aliphatic hydroxyl groups is 1. The topological polar surface area (TPSA) is 53.4 Å². The minimum Gasteiger partial charge on any atom is -0.388 e. The van der Waals surface area contributed by atoms with Crippen molar-refractivity contribution in [3.05, 3.63) is 47.8 Å². The largest absolute Gasteiger partial charge is 0.388 e. The van der Waals surface area contributed by atoms with Crippen LogP contribution in [-0.2, 0) is 4.79 Å². The first-order chi connectivity index (χ1) is 13.8. The number of hydrogen-bond acceptors (Lipinski definition) is 3. The molecule has 2 unspecified atom stereocenters. The van der Waals surface area contributed by atoms with Crippen molar-refractivity contribution in [3.8, 4) is 0 Å². The normalized spacial score (nSPS) is 45.1. The van der Waals surface area contributed by atoms with Gasteiger partial charge in [0, 0.05) is 30.1 Å². The van der Waals surface area contributed by atoms with Gasteiger partial charge in [-0.15, -0.1) is 0 Å². The van der Waals surface area contributed by atoms with Crippen LogP contribution in [-0.4, -0.2) is 40.1 Å². The van der Waals surface area contributed by atoms with Crippen LogP contribution in [0.1, 0.15) is 51.6 Å². The standard InChI is InChI=1S/C25H32N2O2/c1-24-12-10-22(28)27(3)21(24)8-7-18-19(24)9-11-25(2)20(18)15-16(23(25)29)14-17-6-4-5-13-26-17/h4-6,10,12-14,18-21,23,29H,7-9,11,15H2,1-3H3/t18-,19-,20+,21?,23?,24-,25+/m1/s1. The molecular weight excluding hydrogens is 360 g/mol. The molecule has 5 rings (SSSR count). The Bertz CT molecular complexity index is 878. The Kier molecular flexibility index (Phi) is 4.29. The van der Waals surface area contributed by atoms with Crippen molar-refractivity contribution in [2.24, 2.45) is 28.6 Å². The van der Waals surface area contributed by atoms with Gasteiger partial charge in [0.05, 0.1) is 11.8 Å². The lowest BCUT2D eigenvalue weighted by molar-refractivity contribution is -0.140. The zero-order valence-electron chi connectivity index (χ0n) is 17.7. The molecule has 0 aromatic carbocycles. The van der Waals surface area contributed by atoms with Gasteiger partial charge < -0.3 is 10.0 Å². The maximum Gasteiger partial charge on any atom is 0.246 e. The van der Waals surface area contributed by atoms with Crippen molar-refractivity contribution in [2.45, 2.75) is 58.1 Å². The maximum atomic E-state index is 12.2. The molecule has 1 aliphatic heterocycles. The third-order valence-corrected chi connectivity index (χ3v) is 9.02. The molecule has 0 spiro atoms. The van der Waals surface area contributed by atoms with E-state index in [2.05, 4.69) is 31.0 Å². The second-order valence-electron chi connectivity index (χ2n) is 10.2. The molecule has 1 aromatic heterocycles. The van der Waals surface area contributed by atoms with Gasteiger partial charge in [-0.25, -0.2) is 0 Å². The molecule has 1 aromatic rings. The number of aliphatic hydroxyl groups excluding tert-OH is 1. The molecule has 3 fully saturated rings. The van der Waals surface area contributed by atoms with E-state index in [4.69, 9.17) is 0 Å². The molecule has 0 radical (unpaired) electrons. The lowest BCUT2D eigenvalue weighted by Gasteiger charge is -2.59. The van der Waals surface area contributed by atoms with Crippen LogP contribution >= 0.6 is 0 Å². The SMILES string of the molecule is CN1C(=O)C=C[C@@]2(C)C1CC[C@@H]1[C@H]2CC[C@]2(C)C(O)C(=Cc3ccccn3)C[C@@H]12. The van der Waals surface area contributed by atoms with Crippen LogP contribution in [0.5, 0.6) is 0 Å². The first kappa shape index (κ1) is 19.0. The number of likely N-dealkylation sites (N-methyl/N-ethyl adjacent to an activating group) is 1. The lowest BCUT2D eigenvalue weighted by atomic mass is 9.48. The molecule has 0 saturated heterocycles. The highest BCUT2D eigenvalue weighted by Gasteiger charge is 2.61. The van der Waals surface area contributed by atoms with E-state index >= 15 is 0 Å². The highest BCUT2D eigenvalue weighted by Crippen LogP contribution is 2.64. The van der Waals surface area contributed by atoms with Crippen molar-refractivity contribution in [1.29, 1.82) is 0 Å². The maximum absolute atomic E-state index is 12.2. The highest BCUT2D eigenvalue weighted by molar-refractivity contribution is 5.89. The van der Waals surface area contributed by atoms with Crippen LogP contribution in [0.2, 0.25) is 0 Å². The van der Waals surface area contributed by atoms with Gasteiger partial charge in [-0.1, -0.05) is 26.0 Å². The minimum atomic E-state index is -0.382. The monoisotopic (exact) mass is 392 g/mol. The van der Waals surface area contributed by atoms with E-state index in [1.807, 2.05) is 36.3 Å². The smallest absolute Gasteiger partial charge is 0.246 e. The highest BCUT2D eigenvalue weighted by atomic mass is 16.3. The summed E-state index contributed by atoms with van der Waals surface area (Å²) >= 11 is 0. The predicted octanol–water partition coefficient (Wildman–Crippen LogP) is 4.08. The summed E-state index contributed by atoms with van der Waals surface area (Å²) < 4.78 is 0. The summed E-state index contributed by atoms with van der Waals surface area (Å²) in [5.41, 5.74) is 2.08. The molecule has 1 amide bonds. The second-order valence-corrected chi connectivity index (χ2v) is 10.2. The first-order valence-corrected chi connectivity index (χ1v) is 11.1. The van der Waals surface area contributed by atoms with Crippen LogP contribution in [0.4, 0.5) is 0 Å². The van der Waals surface area contributed by atoms with E-state index in [1.54, 1.807) is 6.08 Å². The summed E-state index contributed by atoms with van der Waals surface area (Å²) in [6.45, 7) is 4.67. The molecule has 0 bridgehead atoms. The number of carbonyl (C=O) groups excluding carboxylic acids is 1. The van der Waals surface area contributed by atoms with Crippen LogP contribution in [0.25, 0.3) is 6.08 Å². The van der Waals surface area contributed by atoms with E-state index in [9.17, 15) is 9.90 Å². The van der Waals surface area contributed by atoms with Crippen molar-refractivity contribution < 1.29 is 9.90 Å². The van der Waals surface area contributed by atoms with Gasteiger partial charge in [0.2, 0.25) is 5.91 Å². The Balaban J connectivity index is 1.48. The fourth-order valence-electron chi connectivity index (χ4n) is 7.39. The number of rotatable bonds is 1. The van der Waals surface area contributed by atoms with Crippen LogP contribution in [0.15, 0.2) is 42.1 Å². The van der Waals surface area contributed by atoms with Crippen LogP contribution in [0, 0.1) is 28.6 Å². The Labute approximate surface area is 173 Å². The molecule has 1 N–H and O–H groups in total. The Morgan fingerprint density at radius 3 is 2.79 bits per heavy atom. The molecule has 154 valence electrons. The minimum absolute atomic E-state index is 0.0469. The molecule has 4 heteroatoms. The Morgan fingerprint density at radius 2 is 2.03 bits per heavy atom. The number of amides is 1. The van der Waals surface area contributed by atoms with E-state index in [1.165, 1.54) is 0 Å². The van der Waals surface area contributed by atoms with Gasteiger partial charge in [-0.3, -0.25) is 9.78 Å². The number of aromatic nitrogens is 1. The molecule has 3 saturated carbocycles. The number of pyridine rings is 1. The van der Waals surface area contributed by atoms with Gasteiger partial charge in [-0.05, 0) is 79.7 Å². The van der Waals surface area contributed by atoms with Gasteiger partial charge >= 0.3 is 0 Å². The van der Waals surface area contributed by atoms with Crippen molar-refractivity contribution >= 4 is 12.0 Å². The molecule has 7 atom stereocenters. The summed E-state index contributed by atoms with van der Waals surface area (Å²) in [4.78, 5) is 18.7. The second kappa shape index (κ2) is 6.53. The third-order valence-electron chi connectivity index (χ3n) is 9.02. The number of nitrogens with zero attached hydrogens (tertiary/aromatic N) is 2. The van der Waals surface area contributed by atoms with E-state index in [-0.39, 0.29) is 22.8 Å². The van der Waals surface area contributed by atoms with E-state index in [0.717, 1.165) is 43.4 Å². The molecule has 4 nitrogen and oxygen atoms in total. The van der Waals surface area contributed by atoms with Crippen molar-refractivity contribution in [3.63, 3.8) is 0 Å². The van der Waals surface area contributed by atoms with E-state index < -0.39 is 0 Å². The fourth-order valence-corrected chi connectivity index (χ4v) is 7.39. The average Bonchev–Trinajstić information content (AvgIpc) is 2.97. The summed E-state index contributed by atoms with van der Waals surface area (Å²) in [7, 11) is 1.97. The van der Waals surface area contributed by atoms with Crippen molar-refractivity contribution in [1.82, 2.24) is 9.88 Å². The van der Waals surface area contributed by atoms with Gasteiger partial charge in [0.15, 0.2) is 0 Å². The number of carbonyl (C=O) groups is 1. The Morgan fingerprint density at radius 1 is 1.21 bits per heavy atom. The van der Waals surface area contributed by atoms with Crippen LogP contribution in [0.3, 0.4) is 0 Å². The first-order valence-electron chi connectivity index (χ1n) is 11.1. The number of fused-ring (bicyclic) bond motifs is 5. The molecule has 2 heterocycles. The number of hydrogen-bond donors (Lipinski definition) is 1.